The number of nitrogens with one attached hydrogen (secondary N) is 2. The fourth-order valence-corrected chi connectivity index (χ4v) is 2.09. The van der Waals surface area contributed by atoms with Crippen LogP contribution in [-0.2, 0) is 19.1 Å². The van der Waals surface area contributed by atoms with E-state index in [-0.39, 0.29) is 36.0 Å². The number of esters is 1. The number of carbonyl (C=O) groups is 3. The summed E-state index contributed by atoms with van der Waals surface area (Å²) >= 11 is 1.09. The first-order valence-electron chi connectivity index (χ1n) is 7.53. The molecule has 0 bridgehead atoms. The third-order valence-electron chi connectivity index (χ3n) is 3.10. The molecule has 24 heavy (non-hydrogen) atoms. The smallest absolute Gasteiger partial charge is 0.316 e. The minimum Gasteiger partial charge on any atom is -0.455 e. The highest BCUT2D eigenvalue weighted by Gasteiger charge is 2.13. The van der Waals surface area contributed by atoms with Crippen LogP contribution in [-0.4, -0.2) is 47.1 Å². The Bertz CT molecular complexity index is 573. The lowest BCUT2D eigenvalue weighted by Crippen LogP contribution is -2.38. The molecule has 0 radical (unpaired) electrons. The number of anilines is 1. The maximum absolute atomic E-state index is 11.6. The van der Waals surface area contributed by atoms with Crippen molar-refractivity contribution in [3.05, 3.63) is 11.8 Å². The van der Waals surface area contributed by atoms with Gasteiger partial charge < -0.3 is 19.9 Å². The van der Waals surface area contributed by atoms with E-state index in [2.05, 4.69) is 15.8 Å². The van der Waals surface area contributed by atoms with Crippen LogP contribution in [0.3, 0.4) is 0 Å². The van der Waals surface area contributed by atoms with Crippen LogP contribution in [0.15, 0.2) is 10.6 Å². The summed E-state index contributed by atoms with van der Waals surface area (Å²) in [6.45, 7) is 7.25. The predicted octanol–water partition coefficient (Wildman–Crippen LogP) is 1.36. The summed E-state index contributed by atoms with van der Waals surface area (Å²) < 4.78 is 9.68. The van der Waals surface area contributed by atoms with Crippen LogP contribution >= 0.6 is 11.8 Å². The number of carbonyl (C=O) groups excluding carboxylic acids is 3. The van der Waals surface area contributed by atoms with Crippen LogP contribution in [0.25, 0.3) is 0 Å². The first-order chi connectivity index (χ1) is 11.3. The van der Waals surface area contributed by atoms with Gasteiger partial charge in [-0.25, -0.2) is 0 Å². The predicted molar refractivity (Wildman–Crippen MR) is 90.6 cm³/mol. The molecule has 134 valence electrons. The Hall–Kier alpha value is -2.03. The van der Waals surface area contributed by atoms with Crippen LogP contribution in [0.5, 0.6) is 0 Å². The zero-order chi connectivity index (χ0) is 18.1. The van der Waals surface area contributed by atoms with Crippen molar-refractivity contribution >= 4 is 35.4 Å². The summed E-state index contributed by atoms with van der Waals surface area (Å²) in [5.41, 5.74) is 0. The SMILES string of the molecule is Cc1cc(NC(=O)CSCC(=O)OCC(=O)N[C@@H](C)C(C)C)no1. The second-order valence-electron chi connectivity index (χ2n) is 5.62. The molecule has 0 aromatic carbocycles. The molecule has 1 rings (SSSR count). The quantitative estimate of drug-likeness (QED) is 0.642. The molecule has 0 spiro atoms. The van der Waals surface area contributed by atoms with Gasteiger partial charge in [0.2, 0.25) is 5.91 Å². The van der Waals surface area contributed by atoms with Gasteiger partial charge in [-0.1, -0.05) is 19.0 Å². The fourth-order valence-electron chi connectivity index (χ4n) is 1.48. The maximum Gasteiger partial charge on any atom is 0.316 e. The molecule has 2 N–H and O–H groups in total. The van der Waals surface area contributed by atoms with E-state index in [1.54, 1.807) is 13.0 Å². The van der Waals surface area contributed by atoms with Crippen LogP contribution < -0.4 is 10.6 Å². The molecule has 0 aliphatic carbocycles. The lowest BCUT2D eigenvalue weighted by molar-refractivity contribution is -0.146. The lowest BCUT2D eigenvalue weighted by Gasteiger charge is -2.17. The Balaban J connectivity index is 2.15. The molecule has 0 aliphatic heterocycles. The number of hydrogen-bond acceptors (Lipinski definition) is 7. The second kappa shape index (κ2) is 9.96. The molecule has 2 amide bonds. The Morgan fingerprint density at radius 1 is 1.25 bits per heavy atom. The van der Waals surface area contributed by atoms with Crippen LogP contribution in [0.4, 0.5) is 5.82 Å². The van der Waals surface area contributed by atoms with Gasteiger partial charge in [0.1, 0.15) is 5.76 Å². The van der Waals surface area contributed by atoms with E-state index in [0.29, 0.717) is 17.5 Å². The zero-order valence-electron chi connectivity index (χ0n) is 14.3. The first-order valence-corrected chi connectivity index (χ1v) is 8.69. The zero-order valence-corrected chi connectivity index (χ0v) is 15.1. The van der Waals surface area contributed by atoms with Gasteiger partial charge in [0.25, 0.3) is 5.91 Å². The monoisotopic (exact) mass is 357 g/mol. The number of aryl methyl sites for hydroxylation is 1. The molecule has 8 nitrogen and oxygen atoms in total. The average Bonchev–Trinajstić information content (AvgIpc) is 2.90. The molecule has 9 heteroatoms. The maximum atomic E-state index is 11.6. The molecule has 1 atom stereocenters. The highest BCUT2D eigenvalue weighted by atomic mass is 32.2. The summed E-state index contributed by atoms with van der Waals surface area (Å²) in [5, 5.41) is 8.90. The molecule has 0 unspecified atom stereocenters. The third kappa shape index (κ3) is 8.00. The topological polar surface area (TPSA) is 111 Å². The average molecular weight is 357 g/mol. The molecule has 0 saturated carbocycles. The molecule has 0 aliphatic rings. The van der Waals surface area contributed by atoms with Crippen molar-refractivity contribution in [3.8, 4) is 0 Å². The number of nitrogens with zero attached hydrogens (tertiary/aromatic N) is 1. The van der Waals surface area contributed by atoms with Gasteiger partial charge in [0.15, 0.2) is 12.4 Å². The lowest BCUT2D eigenvalue weighted by atomic mass is 10.1. The van der Waals surface area contributed by atoms with Gasteiger partial charge in [-0.15, -0.1) is 11.8 Å². The van der Waals surface area contributed by atoms with E-state index in [4.69, 9.17) is 9.26 Å². The summed E-state index contributed by atoms with van der Waals surface area (Å²) in [6, 6.07) is 1.60. The van der Waals surface area contributed by atoms with Crippen molar-refractivity contribution in [1.29, 1.82) is 0 Å². The molecule has 1 aromatic heterocycles. The molecular weight excluding hydrogens is 334 g/mol. The van der Waals surface area contributed by atoms with Crippen molar-refractivity contribution < 1.29 is 23.6 Å². The standard InChI is InChI=1S/C15H23N3O5S/c1-9(2)11(4)16-13(19)6-22-15(21)8-24-7-14(20)17-12-5-10(3)23-18-12/h5,9,11H,6-8H2,1-4H3,(H,16,19)(H,17,18,20)/t11-/m0/s1. The van der Waals surface area contributed by atoms with E-state index in [1.165, 1.54) is 0 Å². The van der Waals surface area contributed by atoms with Gasteiger partial charge in [0.05, 0.1) is 11.5 Å². The van der Waals surface area contributed by atoms with Crippen molar-refractivity contribution in [2.75, 3.05) is 23.4 Å². The Labute approximate surface area is 145 Å². The molecule has 0 fully saturated rings. The van der Waals surface area contributed by atoms with Gasteiger partial charge in [-0.2, -0.15) is 0 Å². The summed E-state index contributed by atoms with van der Waals surface area (Å²) in [4.78, 5) is 34.7. The number of hydrogen-bond donors (Lipinski definition) is 2. The Morgan fingerprint density at radius 2 is 1.96 bits per heavy atom. The minimum absolute atomic E-state index is 0.00874. The molecule has 1 aromatic rings. The van der Waals surface area contributed by atoms with Crippen LogP contribution in [0.2, 0.25) is 0 Å². The van der Waals surface area contributed by atoms with Gasteiger partial charge in [0, 0.05) is 12.1 Å². The van der Waals surface area contributed by atoms with E-state index in [9.17, 15) is 14.4 Å². The second-order valence-corrected chi connectivity index (χ2v) is 6.61. The Morgan fingerprint density at radius 3 is 2.54 bits per heavy atom. The van der Waals surface area contributed by atoms with Crippen molar-refractivity contribution in [2.24, 2.45) is 5.92 Å². The van der Waals surface area contributed by atoms with Crippen molar-refractivity contribution in [1.82, 2.24) is 10.5 Å². The largest absolute Gasteiger partial charge is 0.455 e. The van der Waals surface area contributed by atoms with E-state index in [1.807, 2.05) is 20.8 Å². The van der Waals surface area contributed by atoms with E-state index >= 15 is 0 Å². The number of rotatable bonds is 9. The van der Waals surface area contributed by atoms with Crippen molar-refractivity contribution in [3.63, 3.8) is 0 Å². The number of thioether (sulfide) groups is 1. The van der Waals surface area contributed by atoms with Gasteiger partial charge in [-0.05, 0) is 19.8 Å². The first kappa shape index (κ1) is 20.0. The minimum atomic E-state index is -0.544. The number of aromatic nitrogens is 1. The summed E-state index contributed by atoms with van der Waals surface area (Å²) in [5.74, 6) is 0.0849. The highest BCUT2D eigenvalue weighted by Crippen LogP contribution is 2.08. The van der Waals surface area contributed by atoms with Gasteiger partial charge >= 0.3 is 5.97 Å². The van der Waals surface area contributed by atoms with E-state index < -0.39 is 5.97 Å². The summed E-state index contributed by atoms with van der Waals surface area (Å²) in [6.07, 6.45) is 0. The molecule has 1 heterocycles. The number of ether oxygens (including phenoxy) is 1. The van der Waals surface area contributed by atoms with Gasteiger partial charge in [-0.3, -0.25) is 14.4 Å². The Kier molecular flexibility index (Phi) is 8.31. The van der Waals surface area contributed by atoms with Crippen LogP contribution in [0.1, 0.15) is 26.5 Å². The van der Waals surface area contributed by atoms with Crippen LogP contribution in [0, 0.1) is 12.8 Å². The molecular formula is C15H23N3O5S. The van der Waals surface area contributed by atoms with Crippen molar-refractivity contribution in [2.45, 2.75) is 33.7 Å². The normalized spacial score (nSPS) is 11.9. The fraction of sp³-hybridized carbons (Fsp3) is 0.600. The molecule has 0 saturated heterocycles. The van der Waals surface area contributed by atoms with E-state index in [0.717, 1.165) is 11.8 Å². The summed E-state index contributed by atoms with van der Waals surface area (Å²) in [7, 11) is 0. The third-order valence-corrected chi connectivity index (χ3v) is 4.01. The number of amides is 2. The highest BCUT2D eigenvalue weighted by molar-refractivity contribution is 8.00.